The molecule has 0 aliphatic carbocycles. The summed E-state index contributed by atoms with van der Waals surface area (Å²) in [5, 5.41) is 16.6. The van der Waals surface area contributed by atoms with Crippen LogP contribution >= 0.6 is 0 Å². The minimum atomic E-state index is -0.521. The standard InChI is InChI=1S/C15H20N4O2/c1-11(2)6-14(20)8-17-15(21)12-4-3-5-13(7-12)19-10-16-9-18-19/h3-5,7,9-11,14,20H,6,8H2,1-2H3,(H,17,21). The van der Waals surface area contributed by atoms with Crippen LogP contribution < -0.4 is 5.32 Å². The third-order valence-electron chi connectivity index (χ3n) is 3.03. The van der Waals surface area contributed by atoms with Gasteiger partial charge in [0.15, 0.2) is 0 Å². The second-order valence-electron chi connectivity index (χ2n) is 5.38. The van der Waals surface area contributed by atoms with Gasteiger partial charge in [0.2, 0.25) is 0 Å². The predicted molar refractivity (Wildman–Crippen MR) is 79.2 cm³/mol. The summed E-state index contributed by atoms with van der Waals surface area (Å²) in [5.41, 5.74) is 1.29. The molecule has 0 aliphatic rings. The molecule has 6 heteroatoms. The molecule has 1 atom stereocenters. The number of rotatable bonds is 6. The molecule has 1 unspecified atom stereocenters. The number of amides is 1. The lowest BCUT2D eigenvalue weighted by molar-refractivity contribution is 0.0900. The van der Waals surface area contributed by atoms with Gasteiger partial charge in [-0.2, -0.15) is 5.10 Å². The van der Waals surface area contributed by atoms with Gasteiger partial charge in [0.25, 0.3) is 5.91 Å². The third kappa shape index (κ3) is 4.39. The van der Waals surface area contributed by atoms with Crippen LogP contribution in [0.2, 0.25) is 0 Å². The van der Waals surface area contributed by atoms with Crippen molar-refractivity contribution in [3.8, 4) is 5.69 Å². The first-order chi connectivity index (χ1) is 10.1. The molecule has 0 saturated heterocycles. The third-order valence-corrected chi connectivity index (χ3v) is 3.03. The molecule has 0 spiro atoms. The number of hydrogen-bond donors (Lipinski definition) is 2. The number of benzene rings is 1. The molecule has 21 heavy (non-hydrogen) atoms. The number of aromatic nitrogens is 3. The Morgan fingerprint density at radius 1 is 1.43 bits per heavy atom. The van der Waals surface area contributed by atoms with E-state index in [-0.39, 0.29) is 12.5 Å². The van der Waals surface area contributed by atoms with Crippen molar-refractivity contribution in [3.63, 3.8) is 0 Å². The fourth-order valence-electron chi connectivity index (χ4n) is 2.07. The zero-order valence-corrected chi connectivity index (χ0v) is 12.2. The summed E-state index contributed by atoms with van der Waals surface area (Å²) in [6, 6.07) is 7.10. The predicted octanol–water partition coefficient (Wildman–Crippen LogP) is 1.40. The maximum Gasteiger partial charge on any atom is 0.251 e. The number of aliphatic hydroxyl groups excluding tert-OH is 1. The number of carbonyl (C=O) groups is 1. The van der Waals surface area contributed by atoms with E-state index in [9.17, 15) is 9.90 Å². The summed E-state index contributed by atoms with van der Waals surface area (Å²) >= 11 is 0. The van der Waals surface area contributed by atoms with Crippen LogP contribution in [-0.2, 0) is 0 Å². The summed E-state index contributed by atoms with van der Waals surface area (Å²) in [4.78, 5) is 16.0. The molecule has 2 aromatic rings. The molecule has 0 radical (unpaired) electrons. The zero-order chi connectivity index (χ0) is 15.2. The largest absolute Gasteiger partial charge is 0.391 e. The Labute approximate surface area is 123 Å². The molecule has 1 heterocycles. The van der Waals surface area contributed by atoms with E-state index in [4.69, 9.17) is 0 Å². The van der Waals surface area contributed by atoms with Crippen LogP contribution in [0.25, 0.3) is 5.69 Å². The normalized spacial score (nSPS) is 12.4. The lowest BCUT2D eigenvalue weighted by atomic mass is 10.1. The minimum absolute atomic E-state index is 0.209. The molecule has 0 bridgehead atoms. The van der Waals surface area contributed by atoms with E-state index in [1.165, 1.54) is 6.33 Å². The van der Waals surface area contributed by atoms with Crippen LogP contribution in [-0.4, -0.2) is 38.4 Å². The number of nitrogens with one attached hydrogen (secondary N) is 1. The van der Waals surface area contributed by atoms with Crippen molar-refractivity contribution < 1.29 is 9.90 Å². The topological polar surface area (TPSA) is 80.0 Å². The number of nitrogens with zero attached hydrogens (tertiary/aromatic N) is 3. The highest BCUT2D eigenvalue weighted by Gasteiger charge is 2.11. The van der Waals surface area contributed by atoms with E-state index in [1.54, 1.807) is 29.2 Å². The van der Waals surface area contributed by atoms with E-state index >= 15 is 0 Å². The van der Waals surface area contributed by atoms with Crippen molar-refractivity contribution in [2.45, 2.75) is 26.4 Å². The van der Waals surface area contributed by atoms with Crippen molar-refractivity contribution in [2.75, 3.05) is 6.54 Å². The molecule has 0 fully saturated rings. The van der Waals surface area contributed by atoms with Gasteiger partial charge in [-0.3, -0.25) is 4.79 Å². The van der Waals surface area contributed by atoms with Crippen LogP contribution in [0.5, 0.6) is 0 Å². The van der Waals surface area contributed by atoms with Crippen molar-refractivity contribution in [2.24, 2.45) is 5.92 Å². The summed E-state index contributed by atoms with van der Waals surface area (Å²) in [6.07, 6.45) is 3.16. The SMILES string of the molecule is CC(C)CC(O)CNC(=O)c1cccc(-n2cncn2)c1. The fourth-order valence-corrected chi connectivity index (χ4v) is 2.07. The Kier molecular flexibility index (Phi) is 5.05. The smallest absolute Gasteiger partial charge is 0.251 e. The quantitative estimate of drug-likeness (QED) is 0.842. The Bertz CT molecular complexity index is 581. The van der Waals surface area contributed by atoms with Crippen LogP contribution in [0.4, 0.5) is 0 Å². The molecule has 6 nitrogen and oxygen atoms in total. The lowest BCUT2D eigenvalue weighted by Gasteiger charge is -2.14. The molecule has 0 saturated carbocycles. The summed E-state index contributed by atoms with van der Waals surface area (Å²) < 4.78 is 1.59. The Balaban J connectivity index is 1.98. The van der Waals surface area contributed by atoms with Gasteiger partial charge in [-0.15, -0.1) is 0 Å². The highest BCUT2D eigenvalue weighted by atomic mass is 16.3. The van der Waals surface area contributed by atoms with Crippen molar-refractivity contribution in [1.82, 2.24) is 20.1 Å². The average Bonchev–Trinajstić information content (AvgIpc) is 2.98. The first-order valence-electron chi connectivity index (χ1n) is 6.97. The van der Waals surface area contributed by atoms with Crippen LogP contribution in [0, 0.1) is 5.92 Å². The Morgan fingerprint density at radius 3 is 2.90 bits per heavy atom. The molecule has 1 aromatic carbocycles. The van der Waals surface area contributed by atoms with E-state index in [2.05, 4.69) is 15.4 Å². The van der Waals surface area contributed by atoms with E-state index in [1.807, 2.05) is 19.9 Å². The van der Waals surface area contributed by atoms with Crippen molar-refractivity contribution in [3.05, 3.63) is 42.5 Å². The van der Waals surface area contributed by atoms with Crippen molar-refractivity contribution >= 4 is 5.91 Å². The van der Waals surface area contributed by atoms with Gasteiger partial charge in [-0.25, -0.2) is 9.67 Å². The number of aliphatic hydroxyl groups is 1. The second kappa shape index (κ2) is 6.99. The maximum atomic E-state index is 12.1. The first kappa shape index (κ1) is 15.2. The highest BCUT2D eigenvalue weighted by Crippen LogP contribution is 2.09. The van der Waals surface area contributed by atoms with Gasteiger partial charge in [0.05, 0.1) is 11.8 Å². The first-order valence-corrected chi connectivity index (χ1v) is 6.97. The Hall–Kier alpha value is -2.21. The summed E-state index contributed by atoms with van der Waals surface area (Å²) in [7, 11) is 0. The van der Waals surface area contributed by atoms with Crippen LogP contribution in [0.3, 0.4) is 0 Å². The molecule has 2 N–H and O–H groups in total. The van der Waals surface area contributed by atoms with Gasteiger partial charge < -0.3 is 10.4 Å². The molecular weight excluding hydrogens is 268 g/mol. The molecule has 0 aliphatic heterocycles. The monoisotopic (exact) mass is 288 g/mol. The summed E-state index contributed by atoms with van der Waals surface area (Å²) in [6.45, 7) is 4.32. The van der Waals surface area contributed by atoms with Gasteiger partial charge in [0.1, 0.15) is 12.7 Å². The van der Waals surface area contributed by atoms with Crippen LogP contribution in [0.1, 0.15) is 30.6 Å². The molecule has 112 valence electrons. The van der Waals surface area contributed by atoms with Gasteiger partial charge in [0, 0.05) is 12.1 Å². The average molecular weight is 288 g/mol. The van der Waals surface area contributed by atoms with Gasteiger partial charge in [-0.1, -0.05) is 19.9 Å². The zero-order valence-electron chi connectivity index (χ0n) is 12.2. The van der Waals surface area contributed by atoms with E-state index < -0.39 is 6.10 Å². The minimum Gasteiger partial charge on any atom is -0.391 e. The molecular formula is C15H20N4O2. The maximum absolute atomic E-state index is 12.1. The second-order valence-corrected chi connectivity index (χ2v) is 5.38. The van der Waals surface area contributed by atoms with Crippen molar-refractivity contribution in [1.29, 1.82) is 0 Å². The van der Waals surface area contributed by atoms with Gasteiger partial charge in [-0.05, 0) is 30.5 Å². The lowest BCUT2D eigenvalue weighted by Crippen LogP contribution is -2.32. The van der Waals surface area contributed by atoms with E-state index in [0.29, 0.717) is 17.9 Å². The fraction of sp³-hybridized carbons (Fsp3) is 0.400. The molecule has 1 amide bonds. The van der Waals surface area contributed by atoms with Gasteiger partial charge >= 0.3 is 0 Å². The van der Waals surface area contributed by atoms with Crippen LogP contribution in [0.15, 0.2) is 36.9 Å². The summed E-state index contributed by atoms with van der Waals surface area (Å²) in [5.74, 6) is 0.187. The molecule has 2 rings (SSSR count). The van der Waals surface area contributed by atoms with E-state index in [0.717, 1.165) is 5.69 Å². The number of hydrogen-bond acceptors (Lipinski definition) is 4. The highest BCUT2D eigenvalue weighted by molar-refractivity contribution is 5.94. The Morgan fingerprint density at radius 2 is 2.24 bits per heavy atom. The number of carbonyl (C=O) groups excluding carboxylic acids is 1. The molecule has 1 aromatic heterocycles.